The summed E-state index contributed by atoms with van der Waals surface area (Å²) in [6.45, 7) is 4.42. The fourth-order valence-corrected chi connectivity index (χ4v) is 3.04. The maximum Gasteiger partial charge on any atom is 0.163 e. The molecule has 2 rings (SSSR count). The Kier molecular flexibility index (Phi) is 4.17. The molecule has 112 valence electrons. The zero-order valence-electron chi connectivity index (χ0n) is 12.4. The normalized spacial score (nSPS) is 22.5. The molecule has 20 heavy (non-hydrogen) atoms. The van der Waals surface area contributed by atoms with Crippen molar-refractivity contribution in [2.75, 3.05) is 7.11 Å². The van der Waals surface area contributed by atoms with E-state index in [-0.39, 0.29) is 11.0 Å². The standard InChI is InChI=1S/C16H23F2NO/c1-15(2)7-9-16(20-3,10-8-15)14(19)11-5-4-6-12(17)13(11)18/h4-6,14H,7-10,19H2,1-3H3. The highest BCUT2D eigenvalue weighted by Crippen LogP contribution is 2.46. The minimum absolute atomic E-state index is 0.201. The summed E-state index contributed by atoms with van der Waals surface area (Å²) in [5, 5.41) is 0. The Morgan fingerprint density at radius 1 is 1.15 bits per heavy atom. The summed E-state index contributed by atoms with van der Waals surface area (Å²) in [6, 6.07) is 3.49. The first-order chi connectivity index (χ1) is 9.31. The van der Waals surface area contributed by atoms with Gasteiger partial charge in [0, 0.05) is 12.7 Å². The van der Waals surface area contributed by atoms with Gasteiger partial charge in [-0.25, -0.2) is 8.78 Å². The number of nitrogens with two attached hydrogens (primary N) is 1. The van der Waals surface area contributed by atoms with Gasteiger partial charge in [-0.15, -0.1) is 0 Å². The fraction of sp³-hybridized carbons (Fsp3) is 0.625. The smallest absolute Gasteiger partial charge is 0.163 e. The lowest BCUT2D eigenvalue weighted by Crippen LogP contribution is -2.47. The van der Waals surface area contributed by atoms with E-state index >= 15 is 0 Å². The fourth-order valence-electron chi connectivity index (χ4n) is 3.04. The average Bonchev–Trinajstić information content (AvgIpc) is 2.42. The van der Waals surface area contributed by atoms with Gasteiger partial charge in [-0.05, 0) is 37.2 Å². The van der Waals surface area contributed by atoms with Gasteiger partial charge in [0.2, 0.25) is 0 Å². The summed E-state index contributed by atoms with van der Waals surface area (Å²) in [6.07, 6.45) is 3.44. The van der Waals surface area contributed by atoms with Crippen LogP contribution in [0, 0.1) is 17.0 Å². The van der Waals surface area contributed by atoms with Crippen molar-refractivity contribution in [2.24, 2.45) is 11.1 Å². The van der Waals surface area contributed by atoms with Gasteiger partial charge in [0.25, 0.3) is 0 Å². The molecule has 1 unspecified atom stereocenters. The largest absolute Gasteiger partial charge is 0.376 e. The van der Waals surface area contributed by atoms with E-state index in [2.05, 4.69) is 13.8 Å². The number of ether oxygens (including phenoxy) is 1. The van der Waals surface area contributed by atoms with Crippen molar-refractivity contribution in [3.8, 4) is 0 Å². The summed E-state index contributed by atoms with van der Waals surface area (Å²) >= 11 is 0. The van der Waals surface area contributed by atoms with E-state index in [0.717, 1.165) is 31.7 Å². The Bertz CT molecular complexity index is 477. The summed E-state index contributed by atoms with van der Waals surface area (Å²) in [5.74, 6) is -1.72. The molecule has 0 aliphatic heterocycles. The van der Waals surface area contributed by atoms with Crippen LogP contribution in [0.15, 0.2) is 18.2 Å². The molecule has 1 fully saturated rings. The third kappa shape index (κ3) is 2.72. The highest BCUT2D eigenvalue weighted by molar-refractivity contribution is 5.25. The second-order valence-electron chi connectivity index (χ2n) is 6.55. The van der Waals surface area contributed by atoms with Crippen LogP contribution >= 0.6 is 0 Å². The van der Waals surface area contributed by atoms with Crippen LogP contribution < -0.4 is 5.73 Å². The van der Waals surface area contributed by atoms with Crippen molar-refractivity contribution < 1.29 is 13.5 Å². The minimum atomic E-state index is -0.861. The summed E-state index contributed by atoms with van der Waals surface area (Å²) in [7, 11) is 1.61. The highest BCUT2D eigenvalue weighted by Gasteiger charge is 2.44. The van der Waals surface area contributed by atoms with Crippen LogP contribution in [0.1, 0.15) is 51.1 Å². The molecule has 1 atom stereocenters. The molecule has 0 spiro atoms. The van der Waals surface area contributed by atoms with Crippen molar-refractivity contribution >= 4 is 0 Å². The first-order valence-electron chi connectivity index (χ1n) is 7.06. The Morgan fingerprint density at radius 2 is 1.75 bits per heavy atom. The van der Waals surface area contributed by atoms with Crippen molar-refractivity contribution in [1.82, 2.24) is 0 Å². The zero-order chi connectivity index (χ0) is 15.0. The van der Waals surface area contributed by atoms with Gasteiger partial charge < -0.3 is 10.5 Å². The van der Waals surface area contributed by atoms with E-state index in [4.69, 9.17) is 10.5 Å². The lowest BCUT2D eigenvalue weighted by Gasteiger charge is -2.46. The van der Waals surface area contributed by atoms with E-state index in [1.54, 1.807) is 13.2 Å². The number of hydrogen-bond acceptors (Lipinski definition) is 2. The monoisotopic (exact) mass is 283 g/mol. The van der Waals surface area contributed by atoms with Crippen LogP contribution in [0.3, 0.4) is 0 Å². The van der Waals surface area contributed by atoms with Gasteiger partial charge in [-0.1, -0.05) is 26.0 Å². The molecule has 1 aromatic rings. The summed E-state index contributed by atoms with van der Waals surface area (Å²) in [5.41, 5.74) is 6.09. The summed E-state index contributed by atoms with van der Waals surface area (Å²) in [4.78, 5) is 0. The van der Waals surface area contributed by atoms with Crippen LogP contribution in [0.25, 0.3) is 0 Å². The van der Waals surface area contributed by atoms with Gasteiger partial charge >= 0.3 is 0 Å². The second-order valence-corrected chi connectivity index (χ2v) is 6.55. The van der Waals surface area contributed by atoms with Gasteiger partial charge in [0.1, 0.15) is 0 Å². The van der Waals surface area contributed by atoms with Gasteiger partial charge in [-0.3, -0.25) is 0 Å². The molecule has 1 aliphatic carbocycles. The molecule has 1 aliphatic rings. The first-order valence-corrected chi connectivity index (χ1v) is 7.06. The van der Waals surface area contributed by atoms with E-state index in [9.17, 15) is 8.78 Å². The van der Waals surface area contributed by atoms with Crippen LogP contribution in [-0.4, -0.2) is 12.7 Å². The molecule has 0 bridgehead atoms. The quantitative estimate of drug-likeness (QED) is 0.911. The highest BCUT2D eigenvalue weighted by atomic mass is 19.2. The Balaban J connectivity index is 2.30. The summed E-state index contributed by atoms with van der Waals surface area (Å²) < 4.78 is 33.0. The topological polar surface area (TPSA) is 35.2 Å². The number of hydrogen-bond donors (Lipinski definition) is 1. The average molecular weight is 283 g/mol. The maximum atomic E-state index is 14.0. The predicted octanol–water partition coefficient (Wildman–Crippen LogP) is 3.95. The van der Waals surface area contributed by atoms with E-state index in [1.807, 2.05) is 0 Å². The maximum absolute atomic E-state index is 14.0. The molecule has 0 amide bonds. The van der Waals surface area contributed by atoms with Gasteiger partial charge in [0.15, 0.2) is 11.6 Å². The van der Waals surface area contributed by atoms with E-state index in [1.165, 1.54) is 6.07 Å². The van der Waals surface area contributed by atoms with Crippen LogP contribution in [0.2, 0.25) is 0 Å². The van der Waals surface area contributed by atoms with Crippen molar-refractivity contribution in [3.63, 3.8) is 0 Å². The van der Waals surface area contributed by atoms with Gasteiger partial charge in [-0.2, -0.15) is 0 Å². The number of benzene rings is 1. The SMILES string of the molecule is COC1(C(N)c2cccc(F)c2F)CCC(C)(C)CC1. The molecule has 0 heterocycles. The van der Waals surface area contributed by atoms with Crippen LogP contribution in [0.4, 0.5) is 8.78 Å². The first kappa shape index (κ1) is 15.4. The van der Waals surface area contributed by atoms with Crippen molar-refractivity contribution in [3.05, 3.63) is 35.4 Å². The number of methoxy groups -OCH3 is 1. The molecule has 0 saturated heterocycles. The lowest BCUT2D eigenvalue weighted by molar-refractivity contribution is -0.0800. The Morgan fingerprint density at radius 3 is 2.30 bits per heavy atom. The molecule has 0 radical (unpaired) electrons. The predicted molar refractivity (Wildman–Crippen MR) is 75.3 cm³/mol. The van der Waals surface area contributed by atoms with Crippen molar-refractivity contribution in [1.29, 1.82) is 0 Å². The number of rotatable bonds is 3. The molecule has 1 aromatic carbocycles. The Labute approximate surface area is 119 Å². The Hall–Kier alpha value is -1.00. The molecule has 4 heteroatoms. The lowest BCUT2D eigenvalue weighted by atomic mass is 9.67. The van der Waals surface area contributed by atoms with Crippen molar-refractivity contribution in [2.45, 2.75) is 51.2 Å². The van der Waals surface area contributed by atoms with Crippen LogP contribution in [-0.2, 0) is 4.74 Å². The third-order valence-corrected chi connectivity index (χ3v) is 4.74. The molecule has 2 N–H and O–H groups in total. The third-order valence-electron chi connectivity index (χ3n) is 4.74. The molecule has 0 aromatic heterocycles. The molecular weight excluding hydrogens is 260 g/mol. The molecular formula is C16H23F2NO. The van der Waals surface area contributed by atoms with E-state index < -0.39 is 23.3 Å². The van der Waals surface area contributed by atoms with E-state index in [0.29, 0.717) is 0 Å². The number of halogens is 2. The molecule has 1 saturated carbocycles. The molecule has 2 nitrogen and oxygen atoms in total. The minimum Gasteiger partial charge on any atom is -0.376 e. The zero-order valence-corrected chi connectivity index (χ0v) is 12.4. The van der Waals surface area contributed by atoms with Gasteiger partial charge in [0.05, 0.1) is 11.6 Å². The van der Waals surface area contributed by atoms with Crippen LogP contribution in [0.5, 0.6) is 0 Å². The second kappa shape index (κ2) is 5.41.